The van der Waals surface area contributed by atoms with Gasteiger partial charge in [0.05, 0.1) is 0 Å². The number of benzene rings is 1. The Bertz CT molecular complexity index is 671. The second-order valence-electron chi connectivity index (χ2n) is 6.38. The van der Waals surface area contributed by atoms with Crippen LogP contribution in [0.3, 0.4) is 0 Å². The monoisotopic (exact) mass is 347 g/mol. The Hall–Kier alpha value is -2.05. The van der Waals surface area contributed by atoms with Crippen LogP contribution in [-0.4, -0.2) is 47.6 Å². The number of ether oxygens (including phenoxy) is 1. The smallest absolute Gasteiger partial charge is 0.387 e. The summed E-state index contributed by atoms with van der Waals surface area (Å²) in [6.45, 7) is 5.13. The summed E-state index contributed by atoms with van der Waals surface area (Å²) in [4.78, 5) is 9.04. The van der Waals surface area contributed by atoms with Crippen LogP contribution in [0.4, 0.5) is 8.78 Å². The van der Waals surface area contributed by atoms with Crippen LogP contribution in [0.2, 0.25) is 0 Å². The number of halogens is 2. The fourth-order valence-electron chi connectivity index (χ4n) is 3.04. The molecule has 1 aliphatic heterocycles. The maximum Gasteiger partial charge on any atom is 0.387 e. The topological polar surface area (TPSA) is 28.6 Å². The molecular formula is C19H23F2N3O. The molecule has 0 bridgehead atoms. The number of aryl methyl sites for hydroxylation is 1. The quantitative estimate of drug-likeness (QED) is 0.802. The van der Waals surface area contributed by atoms with Crippen LogP contribution in [0.25, 0.3) is 0 Å². The Kier molecular flexibility index (Phi) is 5.94. The molecule has 2 aromatic rings. The van der Waals surface area contributed by atoms with Gasteiger partial charge in [-0.3, -0.25) is 14.8 Å². The number of aromatic nitrogens is 1. The number of alkyl halides is 2. The Balaban J connectivity index is 1.47. The third-order valence-electron chi connectivity index (χ3n) is 4.56. The molecule has 0 saturated carbocycles. The van der Waals surface area contributed by atoms with Gasteiger partial charge in [-0.1, -0.05) is 12.1 Å². The molecule has 6 heteroatoms. The van der Waals surface area contributed by atoms with Gasteiger partial charge in [0.1, 0.15) is 5.75 Å². The first kappa shape index (κ1) is 17.8. The van der Waals surface area contributed by atoms with E-state index in [-0.39, 0.29) is 5.75 Å². The van der Waals surface area contributed by atoms with Crippen LogP contribution >= 0.6 is 0 Å². The highest BCUT2D eigenvalue weighted by Crippen LogP contribution is 2.17. The van der Waals surface area contributed by atoms with Crippen molar-refractivity contribution in [3.63, 3.8) is 0 Å². The SMILES string of the molecule is Cc1ccncc1CN1CCN(Cc2ccc(OC(F)F)cc2)CC1. The zero-order valence-corrected chi connectivity index (χ0v) is 14.4. The van der Waals surface area contributed by atoms with Crippen LogP contribution < -0.4 is 4.74 Å². The van der Waals surface area contributed by atoms with E-state index in [1.165, 1.54) is 11.1 Å². The predicted molar refractivity (Wildman–Crippen MR) is 92.6 cm³/mol. The molecule has 1 saturated heterocycles. The van der Waals surface area contributed by atoms with Crippen LogP contribution in [0.15, 0.2) is 42.7 Å². The molecule has 1 fully saturated rings. The number of pyridine rings is 1. The molecule has 1 aromatic heterocycles. The molecule has 1 aromatic carbocycles. The lowest BCUT2D eigenvalue weighted by molar-refractivity contribution is -0.0498. The fourth-order valence-corrected chi connectivity index (χ4v) is 3.04. The van der Waals surface area contributed by atoms with E-state index in [1.807, 2.05) is 30.6 Å². The van der Waals surface area contributed by atoms with E-state index in [2.05, 4.69) is 26.4 Å². The van der Waals surface area contributed by atoms with E-state index in [1.54, 1.807) is 12.1 Å². The van der Waals surface area contributed by atoms with Crippen LogP contribution in [0.1, 0.15) is 16.7 Å². The van der Waals surface area contributed by atoms with Gasteiger partial charge in [-0.25, -0.2) is 0 Å². The summed E-state index contributed by atoms with van der Waals surface area (Å²) in [7, 11) is 0. The van der Waals surface area contributed by atoms with Gasteiger partial charge in [-0.15, -0.1) is 0 Å². The summed E-state index contributed by atoms with van der Waals surface area (Å²) < 4.78 is 28.7. The molecule has 134 valence electrons. The Labute approximate surface area is 147 Å². The molecule has 0 unspecified atom stereocenters. The number of hydrogen-bond acceptors (Lipinski definition) is 4. The Morgan fingerprint density at radius 1 is 1.00 bits per heavy atom. The first-order valence-electron chi connectivity index (χ1n) is 8.48. The highest BCUT2D eigenvalue weighted by Gasteiger charge is 2.17. The van der Waals surface area contributed by atoms with E-state index in [4.69, 9.17) is 0 Å². The lowest BCUT2D eigenvalue weighted by Crippen LogP contribution is -2.45. The Morgan fingerprint density at radius 3 is 2.24 bits per heavy atom. The zero-order chi connectivity index (χ0) is 17.6. The van der Waals surface area contributed by atoms with E-state index in [0.29, 0.717) is 0 Å². The van der Waals surface area contributed by atoms with Crippen LogP contribution in [0, 0.1) is 6.92 Å². The fraction of sp³-hybridized carbons (Fsp3) is 0.421. The largest absolute Gasteiger partial charge is 0.435 e. The van der Waals surface area contributed by atoms with Gasteiger partial charge in [-0.2, -0.15) is 8.78 Å². The van der Waals surface area contributed by atoms with E-state index >= 15 is 0 Å². The minimum atomic E-state index is -2.78. The van der Waals surface area contributed by atoms with Crippen LogP contribution in [0.5, 0.6) is 5.75 Å². The summed E-state index contributed by atoms with van der Waals surface area (Å²) in [5.41, 5.74) is 3.67. The predicted octanol–water partition coefficient (Wildman–Crippen LogP) is 3.31. The third-order valence-corrected chi connectivity index (χ3v) is 4.56. The van der Waals surface area contributed by atoms with Crippen molar-refractivity contribution in [2.75, 3.05) is 26.2 Å². The third kappa shape index (κ3) is 5.21. The van der Waals surface area contributed by atoms with E-state index < -0.39 is 6.61 Å². The summed E-state index contributed by atoms with van der Waals surface area (Å²) in [6, 6.07) is 8.95. The first-order valence-corrected chi connectivity index (χ1v) is 8.48. The molecule has 0 amide bonds. The van der Waals surface area contributed by atoms with Crippen LogP contribution in [-0.2, 0) is 13.1 Å². The molecule has 1 aliphatic rings. The van der Waals surface area contributed by atoms with Gasteiger partial charge < -0.3 is 4.74 Å². The van der Waals surface area contributed by atoms with Crippen molar-refractivity contribution in [3.8, 4) is 5.75 Å². The first-order chi connectivity index (χ1) is 12.1. The molecule has 0 aliphatic carbocycles. The second-order valence-corrected chi connectivity index (χ2v) is 6.38. The highest BCUT2D eigenvalue weighted by molar-refractivity contribution is 5.27. The molecule has 0 radical (unpaired) electrons. The molecule has 25 heavy (non-hydrogen) atoms. The van der Waals surface area contributed by atoms with Crippen molar-refractivity contribution in [1.29, 1.82) is 0 Å². The lowest BCUT2D eigenvalue weighted by atomic mass is 10.1. The molecule has 4 nitrogen and oxygen atoms in total. The maximum absolute atomic E-state index is 12.2. The number of rotatable bonds is 6. The normalized spacial score (nSPS) is 16.3. The number of piperazine rings is 1. The maximum atomic E-state index is 12.2. The van der Waals surface area contributed by atoms with Gasteiger partial charge >= 0.3 is 6.61 Å². The average molecular weight is 347 g/mol. The number of hydrogen-bond donors (Lipinski definition) is 0. The molecular weight excluding hydrogens is 324 g/mol. The van der Waals surface area contributed by atoms with Crippen molar-refractivity contribution in [3.05, 3.63) is 59.4 Å². The van der Waals surface area contributed by atoms with Crippen molar-refractivity contribution in [2.45, 2.75) is 26.6 Å². The van der Waals surface area contributed by atoms with Crippen molar-refractivity contribution >= 4 is 0 Å². The van der Waals surface area contributed by atoms with Gasteiger partial charge in [-0.05, 0) is 41.8 Å². The standard InChI is InChI=1S/C19H23F2N3O/c1-15-6-7-22-12-17(15)14-24-10-8-23(9-11-24)13-16-2-4-18(5-3-16)25-19(20)21/h2-7,12,19H,8-11,13-14H2,1H3. The Morgan fingerprint density at radius 2 is 1.64 bits per heavy atom. The summed E-state index contributed by atoms with van der Waals surface area (Å²) in [5.74, 6) is 0.204. The molecule has 0 spiro atoms. The van der Waals surface area contributed by atoms with Gasteiger partial charge in [0.2, 0.25) is 0 Å². The van der Waals surface area contributed by atoms with E-state index in [9.17, 15) is 8.78 Å². The molecule has 0 N–H and O–H groups in total. The molecule has 0 atom stereocenters. The highest BCUT2D eigenvalue weighted by atomic mass is 19.3. The van der Waals surface area contributed by atoms with Crippen molar-refractivity contribution in [1.82, 2.24) is 14.8 Å². The summed E-state index contributed by atoms with van der Waals surface area (Å²) in [6.07, 6.45) is 3.78. The zero-order valence-electron chi connectivity index (χ0n) is 14.4. The minimum Gasteiger partial charge on any atom is -0.435 e. The molecule has 3 rings (SSSR count). The second kappa shape index (κ2) is 8.36. The summed E-state index contributed by atoms with van der Waals surface area (Å²) in [5, 5.41) is 0. The summed E-state index contributed by atoms with van der Waals surface area (Å²) >= 11 is 0. The lowest BCUT2D eigenvalue weighted by Gasteiger charge is -2.35. The van der Waals surface area contributed by atoms with Crippen molar-refractivity contribution in [2.24, 2.45) is 0 Å². The number of nitrogens with zero attached hydrogens (tertiary/aromatic N) is 3. The average Bonchev–Trinajstić information content (AvgIpc) is 2.60. The van der Waals surface area contributed by atoms with E-state index in [0.717, 1.165) is 44.8 Å². The van der Waals surface area contributed by atoms with Gasteiger partial charge in [0, 0.05) is 51.7 Å². The van der Waals surface area contributed by atoms with Crippen molar-refractivity contribution < 1.29 is 13.5 Å². The van der Waals surface area contributed by atoms with Gasteiger partial charge in [0.15, 0.2) is 0 Å². The molecule has 2 heterocycles. The van der Waals surface area contributed by atoms with Gasteiger partial charge in [0.25, 0.3) is 0 Å². The minimum absolute atomic E-state index is 0.204.